The molecule has 24 heavy (non-hydrogen) atoms. The van der Waals surface area contributed by atoms with Gasteiger partial charge >= 0.3 is 6.18 Å². The second-order valence-electron chi connectivity index (χ2n) is 7.64. The summed E-state index contributed by atoms with van der Waals surface area (Å²) >= 11 is 0. The van der Waals surface area contributed by atoms with E-state index in [9.17, 15) is 13.2 Å². The van der Waals surface area contributed by atoms with Gasteiger partial charge < -0.3 is 0 Å². The number of alkyl halides is 3. The van der Waals surface area contributed by atoms with Gasteiger partial charge in [0, 0.05) is 12.4 Å². The molecule has 2 saturated carbocycles. The maximum atomic E-state index is 12.5. The molecule has 1 heterocycles. The zero-order chi connectivity index (χ0) is 17.2. The lowest BCUT2D eigenvalue weighted by molar-refractivity contribution is -0.145. The van der Waals surface area contributed by atoms with Gasteiger partial charge in [-0.15, -0.1) is 0 Å². The molecule has 0 radical (unpaired) electrons. The largest absolute Gasteiger partial charge is 0.451 e. The van der Waals surface area contributed by atoms with Crippen LogP contribution in [0, 0.1) is 17.8 Å². The monoisotopic (exact) mass is 340 g/mol. The fraction of sp³-hybridized carbons (Fsp3) is 0.789. The van der Waals surface area contributed by atoms with Gasteiger partial charge in [-0.05, 0) is 67.8 Å². The van der Waals surface area contributed by atoms with Crippen molar-refractivity contribution in [3.05, 3.63) is 23.8 Å². The van der Waals surface area contributed by atoms with Crippen LogP contribution in [0.15, 0.2) is 12.4 Å². The number of hydrogen-bond donors (Lipinski definition) is 0. The van der Waals surface area contributed by atoms with E-state index in [-0.39, 0.29) is 0 Å². The molecule has 0 spiro atoms. The van der Waals surface area contributed by atoms with E-state index in [1.165, 1.54) is 57.3 Å². The molecule has 0 amide bonds. The summed E-state index contributed by atoms with van der Waals surface area (Å²) < 4.78 is 37.6. The van der Waals surface area contributed by atoms with E-state index in [2.05, 4.69) is 16.9 Å². The van der Waals surface area contributed by atoms with Gasteiger partial charge in [-0.2, -0.15) is 13.2 Å². The Bertz CT molecular complexity index is 510. The second-order valence-corrected chi connectivity index (χ2v) is 7.64. The minimum absolute atomic E-state index is 0.329. The zero-order valence-electron chi connectivity index (χ0n) is 14.4. The molecule has 1 aromatic rings. The van der Waals surface area contributed by atoms with Crippen molar-refractivity contribution in [2.24, 2.45) is 17.8 Å². The molecular weight excluding hydrogens is 313 g/mol. The van der Waals surface area contributed by atoms with Crippen molar-refractivity contribution in [2.75, 3.05) is 0 Å². The summed E-state index contributed by atoms with van der Waals surface area (Å²) in [5, 5.41) is 0. The lowest BCUT2D eigenvalue weighted by Crippen LogP contribution is -2.25. The Morgan fingerprint density at radius 3 is 1.83 bits per heavy atom. The van der Waals surface area contributed by atoms with Gasteiger partial charge in [0.05, 0.1) is 0 Å². The first kappa shape index (κ1) is 17.7. The standard InChI is InChI=1S/C19H27F3N2/c1-2-13-3-5-14(6-4-13)15-7-9-16(10-8-15)17-11-23-18(24-12-17)19(20,21)22/h11-16H,2-10H2,1H3/t13-,14-,15?,16?. The Morgan fingerprint density at radius 2 is 1.38 bits per heavy atom. The number of halogens is 3. The fourth-order valence-corrected chi connectivity index (χ4v) is 4.69. The Morgan fingerprint density at radius 1 is 0.875 bits per heavy atom. The molecule has 0 unspecified atom stereocenters. The molecule has 3 rings (SSSR count). The summed E-state index contributed by atoms with van der Waals surface area (Å²) in [5.41, 5.74) is 0.871. The van der Waals surface area contributed by atoms with Crippen LogP contribution >= 0.6 is 0 Å². The van der Waals surface area contributed by atoms with Gasteiger partial charge in [0.25, 0.3) is 0 Å². The van der Waals surface area contributed by atoms with Crippen LogP contribution in [0.1, 0.15) is 82.0 Å². The SMILES string of the molecule is CC[C@H]1CC[C@H](C2CCC(c3cnc(C(F)(F)F)nc3)CC2)CC1. The number of aromatic nitrogens is 2. The Balaban J connectivity index is 1.52. The van der Waals surface area contributed by atoms with Crippen molar-refractivity contribution in [1.29, 1.82) is 0 Å². The van der Waals surface area contributed by atoms with E-state index in [1.54, 1.807) is 0 Å². The first-order valence-corrected chi connectivity index (χ1v) is 9.36. The molecule has 2 fully saturated rings. The highest BCUT2D eigenvalue weighted by Gasteiger charge is 2.35. The Labute approximate surface area is 142 Å². The third-order valence-electron chi connectivity index (χ3n) is 6.30. The van der Waals surface area contributed by atoms with E-state index in [1.807, 2.05) is 0 Å². The van der Waals surface area contributed by atoms with Crippen LogP contribution in [0.25, 0.3) is 0 Å². The van der Waals surface area contributed by atoms with Crippen molar-refractivity contribution < 1.29 is 13.2 Å². The van der Waals surface area contributed by atoms with Gasteiger partial charge in [0.1, 0.15) is 0 Å². The smallest absolute Gasteiger partial charge is 0.233 e. The predicted octanol–water partition coefficient (Wildman–Crippen LogP) is 5.99. The quantitative estimate of drug-likeness (QED) is 0.676. The third kappa shape index (κ3) is 4.09. The van der Waals surface area contributed by atoms with Crippen LogP contribution in [0.4, 0.5) is 13.2 Å². The molecule has 2 aliphatic carbocycles. The van der Waals surface area contributed by atoms with Gasteiger partial charge in [-0.1, -0.05) is 26.2 Å². The topological polar surface area (TPSA) is 25.8 Å². The Hall–Kier alpha value is -1.13. The normalized spacial score (nSPS) is 31.8. The number of rotatable bonds is 3. The van der Waals surface area contributed by atoms with Crippen molar-refractivity contribution >= 4 is 0 Å². The van der Waals surface area contributed by atoms with E-state index in [0.717, 1.165) is 36.2 Å². The van der Waals surface area contributed by atoms with Crippen LogP contribution in [0.5, 0.6) is 0 Å². The summed E-state index contributed by atoms with van der Waals surface area (Å²) in [7, 11) is 0. The highest BCUT2D eigenvalue weighted by atomic mass is 19.4. The molecule has 0 aliphatic heterocycles. The fourth-order valence-electron chi connectivity index (χ4n) is 4.69. The second kappa shape index (κ2) is 7.40. The first-order valence-electron chi connectivity index (χ1n) is 9.36. The summed E-state index contributed by atoms with van der Waals surface area (Å²) in [4.78, 5) is 7.03. The highest BCUT2D eigenvalue weighted by molar-refractivity contribution is 5.13. The van der Waals surface area contributed by atoms with Gasteiger partial charge in [0.15, 0.2) is 0 Å². The zero-order valence-corrected chi connectivity index (χ0v) is 14.4. The van der Waals surface area contributed by atoms with Crippen LogP contribution in [-0.4, -0.2) is 9.97 Å². The lowest BCUT2D eigenvalue weighted by atomic mass is 9.68. The average Bonchev–Trinajstić information content (AvgIpc) is 2.61. The number of hydrogen-bond acceptors (Lipinski definition) is 2. The molecule has 0 atom stereocenters. The van der Waals surface area contributed by atoms with E-state index >= 15 is 0 Å². The summed E-state index contributed by atoms with van der Waals surface area (Å²) in [6.07, 6.45) is 9.66. The molecule has 0 saturated heterocycles. The van der Waals surface area contributed by atoms with Gasteiger partial charge in [-0.3, -0.25) is 0 Å². The molecule has 2 nitrogen and oxygen atoms in total. The van der Waals surface area contributed by atoms with Crippen LogP contribution in [-0.2, 0) is 6.18 Å². The van der Waals surface area contributed by atoms with Crippen molar-refractivity contribution in [3.8, 4) is 0 Å². The predicted molar refractivity (Wildman–Crippen MR) is 87.5 cm³/mol. The van der Waals surface area contributed by atoms with Crippen molar-refractivity contribution in [3.63, 3.8) is 0 Å². The van der Waals surface area contributed by atoms with Gasteiger partial charge in [0.2, 0.25) is 5.82 Å². The first-order chi connectivity index (χ1) is 11.5. The van der Waals surface area contributed by atoms with Crippen molar-refractivity contribution in [1.82, 2.24) is 9.97 Å². The van der Waals surface area contributed by atoms with Crippen LogP contribution in [0.3, 0.4) is 0 Å². The summed E-state index contributed by atoms with van der Waals surface area (Å²) in [6, 6.07) is 0. The molecule has 1 aromatic heterocycles. The maximum Gasteiger partial charge on any atom is 0.451 e. The third-order valence-corrected chi connectivity index (χ3v) is 6.30. The van der Waals surface area contributed by atoms with Gasteiger partial charge in [-0.25, -0.2) is 9.97 Å². The lowest BCUT2D eigenvalue weighted by Gasteiger charge is -2.37. The van der Waals surface area contributed by atoms with E-state index in [4.69, 9.17) is 0 Å². The molecule has 0 bridgehead atoms. The summed E-state index contributed by atoms with van der Waals surface area (Å²) in [5.74, 6) is 1.91. The Kier molecular flexibility index (Phi) is 5.46. The maximum absolute atomic E-state index is 12.5. The van der Waals surface area contributed by atoms with Crippen LogP contribution in [0.2, 0.25) is 0 Å². The average molecular weight is 340 g/mol. The summed E-state index contributed by atoms with van der Waals surface area (Å²) in [6.45, 7) is 2.29. The molecule has 0 aromatic carbocycles. The van der Waals surface area contributed by atoms with Crippen LogP contribution < -0.4 is 0 Å². The molecular formula is C19H27F3N2. The number of nitrogens with zero attached hydrogens (tertiary/aromatic N) is 2. The molecule has 134 valence electrons. The van der Waals surface area contributed by atoms with E-state index in [0.29, 0.717) is 5.92 Å². The van der Waals surface area contributed by atoms with E-state index < -0.39 is 12.0 Å². The molecule has 5 heteroatoms. The van der Waals surface area contributed by atoms with Crippen molar-refractivity contribution in [2.45, 2.75) is 76.8 Å². The minimum atomic E-state index is -4.45. The highest BCUT2D eigenvalue weighted by Crippen LogP contribution is 2.44. The molecule has 2 aliphatic rings. The minimum Gasteiger partial charge on any atom is -0.233 e. The molecule has 0 N–H and O–H groups in total.